The lowest BCUT2D eigenvalue weighted by Crippen LogP contribution is -2.43. The number of aryl methyl sites for hydroxylation is 1. The second-order valence-corrected chi connectivity index (χ2v) is 7.49. The largest absolute Gasteiger partial charge is 0.379 e. The zero-order valence-electron chi connectivity index (χ0n) is 16.8. The number of nitrogens with zero attached hydrogens (tertiary/aromatic N) is 2. The summed E-state index contributed by atoms with van der Waals surface area (Å²) in [5.74, 6) is -0.0529. The van der Waals surface area contributed by atoms with E-state index in [1.165, 1.54) is 5.56 Å². The Bertz CT molecular complexity index is 912. The highest BCUT2D eigenvalue weighted by atomic mass is 16.5. The third-order valence-electron chi connectivity index (χ3n) is 5.36. The summed E-state index contributed by atoms with van der Waals surface area (Å²) in [6.07, 6.45) is 3.98. The van der Waals surface area contributed by atoms with E-state index in [0.717, 1.165) is 44.1 Å². The van der Waals surface area contributed by atoms with Crippen molar-refractivity contribution in [2.45, 2.75) is 13.0 Å². The molecule has 1 fully saturated rings. The van der Waals surface area contributed by atoms with Crippen LogP contribution in [0.15, 0.2) is 73.1 Å². The molecule has 1 amide bonds. The molecule has 5 nitrogen and oxygen atoms in total. The maximum absolute atomic E-state index is 13.0. The number of morpholine rings is 1. The molecule has 4 rings (SSSR count). The Balaban J connectivity index is 1.49. The van der Waals surface area contributed by atoms with Crippen molar-refractivity contribution in [3.63, 3.8) is 0 Å². The van der Waals surface area contributed by atoms with E-state index >= 15 is 0 Å². The average Bonchev–Trinajstić information content (AvgIpc) is 3.30. The standard InChI is InChI=1S/C24H27N3O2/c1-19-4-6-20(7-5-19)23(18-26-14-16-29-17-15-26)25-24(28)21-8-10-22(11-9-21)27-12-2-3-13-27/h2-13,23H,14-18H2,1H3,(H,25,28). The van der Waals surface area contributed by atoms with Crippen LogP contribution in [-0.4, -0.2) is 48.2 Å². The van der Waals surface area contributed by atoms with Crippen LogP contribution >= 0.6 is 0 Å². The molecule has 0 radical (unpaired) electrons. The number of nitrogens with one attached hydrogen (secondary N) is 1. The molecule has 1 aromatic heterocycles. The zero-order valence-corrected chi connectivity index (χ0v) is 16.8. The summed E-state index contributed by atoms with van der Waals surface area (Å²) < 4.78 is 7.49. The Morgan fingerprint density at radius 2 is 1.66 bits per heavy atom. The topological polar surface area (TPSA) is 46.5 Å². The third kappa shape index (κ3) is 4.94. The van der Waals surface area contributed by atoms with Crippen LogP contribution in [0.4, 0.5) is 0 Å². The molecule has 1 unspecified atom stereocenters. The van der Waals surface area contributed by atoms with Gasteiger partial charge < -0.3 is 14.6 Å². The van der Waals surface area contributed by atoms with Crippen molar-refractivity contribution >= 4 is 5.91 Å². The van der Waals surface area contributed by atoms with Gasteiger partial charge in [0.05, 0.1) is 19.3 Å². The van der Waals surface area contributed by atoms with Gasteiger partial charge in [0.1, 0.15) is 0 Å². The van der Waals surface area contributed by atoms with Gasteiger partial charge >= 0.3 is 0 Å². The molecule has 2 heterocycles. The average molecular weight is 389 g/mol. The number of aromatic nitrogens is 1. The van der Waals surface area contributed by atoms with Gasteiger partial charge in [-0.1, -0.05) is 29.8 Å². The van der Waals surface area contributed by atoms with Gasteiger partial charge in [0.25, 0.3) is 5.91 Å². The fraction of sp³-hybridized carbons (Fsp3) is 0.292. The highest BCUT2D eigenvalue weighted by Crippen LogP contribution is 2.18. The Labute approximate surface area is 171 Å². The molecule has 0 aliphatic carbocycles. The number of hydrogen-bond acceptors (Lipinski definition) is 3. The van der Waals surface area contributed by atoms with Crippen LogP contribution in [0.2, 0.25) is 0 Å². The van der Waals surface area contributed by atoms with Gasteiger partial charge in [0.2, 0.25) is 0 Å². The summed E-state index contributed by atoms with van der Waals surface area (Å²) in [7, 11) is 0. The molecule has 1 N–H and O–H groups in total. The summed E-state index contributed by atoms with van der Waals surface area (Å²) in [5, 5.41) is 3.24. The lowest BCUT2D eigenvalue weighted by molar-refractivity contribution is 0.0332. The molecule has 150 valence electrons. The molecular formula is C24H27N3O2. The first kappa shape index (κ1) is 19.4. The molecule has 0 bridgehead atoms. The fourth-order valence-electron chi connectivity index (χ4n) is 3.61. The number of carbonyl (C=O) groups excluding carboxylic acids is 1. The molecule has 1 aliphatic rings. The number of amides is 1. The first-order valence-electron chi connectivity index (χ1n) is 10.1. The van der Waals surface area contributed by atoms with Crippen LogP contribution in [0.5, 0.6) is 0 Å². The normalized spacial score (nSPS) is 15.8. The van der Waals surface area contributed by atoms with E-state index in [0.29, 0.717) is 5.56 Å². The van der Waals surface area contributed by atoms with Crippen molar-refractivity contribution in [1.29, 1.82) is 0 Å². The number of rotatable bonds is 6. The van der Waals surface area contributed by atoms with Crippen molar-refractivity contribution in [2.24, 2.45) is 0 Å². The first-order valence-corrected chi connectivity index (χ1v) is 10.1. The van der Waals surface area contributed by atoms with E-state index in [-0.39, 0.29) is 11.9 Å². The third-order valence-corrected chi connectivity index (χ3v) is 5.36. The van der Waals surface area contributed by atoms with Crippen LogP contribution < -0.4 is 5.32 Å². The fourth-order valence-corrected chi connectivity index (χ4v) is 3.61. The van der Waals surface area contributed by atoms with Gasteiger partial charge in [-0.15, -0.1) is 0 Å². The lowest BCUT2D eigenvalue weighted by atomic mass is 10.0. The minimum atomic E-state index is -0.0645. The highest BCUT2D eigenvalue weighted by Gasteiger charge is 2.21. The summed E-state index contributed by atoms with van der Waals surface area (Å²) in [4.78, 5) is 15.3. The Morgan fingerprint density at radius 1 is 1.00 bits per heavy atom. The molecule has 3 aromatic rings. The van der Waals surface area contributed by atoms with E-state index in [9.17, 15) is 4.79 Å². The minimum Gasteiger partial charge on any atom is -0.379 e. The molecule has 0 saturated carbocycles. The van der Waals surface area contributed by atoms with E-state index < -0.39 is 0 Å². The van der Waals surface area contributed by atoms with Crippen molar-refractivity contribution in [3.05, 3.63) is 89.7 Å². The van der Waals surface area contributed by atoms with Crippen LogP contribution in [-0.2, 0) is 4.74 Å². The maximum Gasteiger partial charge on any atom is 0.251 e. The number of carbonyl (C=O) groups is 1. The van der Waals surface area contributed by atoms with Gasteiger partial charge in [-0.2, -0.15) is 0 Å². The quantitative estimate of drug-likeness (QED) is 0.701. The van der Waals surface area contributed by atoms with Crippen LogP contribution in [0.1, 0.15) is 27.5 Å². The summed E-state index contributed by atoms with van der Waals surface area (Å²) in [6.45, 7) is 6.13. The molecular weight excluding hydrogens is 362 g/mol. The number of ether oxygens (including phenoxy) is 1. The van der Waals surface area contributed by atoms with E-state index in [1.54, 1.807) is 0 Å². The Kier molecular flexibility index (Phi) is 6.08. The SMILES string of the molecule is Cc1ccc(C(CN2CCOCC2)NC(=O)c2ccc(-n3cccc3)cc2)cc1. The molecule has 1 aliphatic heterocycles. The summed E-state index contributed by atoms with van der Waals surface area (Å²) in [5.41, 5.74) is 4.04. The predicted molar refractivity (Wildman–Crippen MR) is 114 cm³/mol. The minimum absolute atomic E-state index is 0.0529. The molecule has 0 spiro atoms. The molecule has 29 heavy (non-hydrogen) atoms. The van der Waals surface area contributed by atoms with Crippen molar-refractivity contribution < 1.29 is 9.53 Å². The summed E-state index contributed by atoms with van der Waals surface area (Å²) in [6, 6.07) is 20.0. The molecule has 2 aromatic carbocycles. The van der Waals surface area contributed by atoms with Gasteiger partial charge in [0.15, 0.2) is 0 Å². The monoisotopic (exact) mass is 389 g/mol. The predicted octanol–water partition coefficient (Wildman–Crippen LogP) is 3.59. The zero-order chi connectivity index (χ0) is 20.1. The smallest absolute Gasteiger partial charge is 0.251 e. The van der Waals surface area contributed by atoms with E-state index in [2.05, 4.69) is 41.4 Å². The van der Waals surface area contributed by atoms with Crippen molar-refractivity contribution in [3.8, 4) is 5.69 Å². The first-order chi connectivity index (χ1) is 14.2. The second kappa shape index (κ2) is 9.07. The Hall–Kier alpha value is -2.89. The van der Waals surface area contributed by atoms with Crippen molar-refractivity contribution in [1.82, 2.24) is 14.8 Å². The van der Waals surface area contributed by atoms with Crippen LogP contribution in [0.25, 0.3) is 5.69 Å². The van der Waals surface area contributed by atoms with Crippen molar-refractivity contribution in [2.75, 3.05) is 32.8 Å². The van der Waals surface area contributed by atoms with E-state index in [1.807, 2.05) is 53.4 Å². The second-order valence-electron chi connectivity index (χ2n) is 7.49. The van der Waals surface area contributed by atoms with E-state index in [4.69, 9.17) is 4.74 Å². The van der Waals surface area contributed by atoms with Gasteiger partial charge in [-0.05, 0) is 48.9 Å². The van der Waals surface area contributed by atoms with Gasteiger partial charge in [-0.3, -0.25) is 9.69 Å². The summed E-state index contributed by atoms with van der Waals surface area (Å²) >= 11 is 0. The molecule has 1 atom stereocenters. The molecule has 5 heteroatoms. The maximum atomic E-state index is 13.0. The van der Waals surface area contributed by atoms with Gasteiger partial charge in [0, 0.05) is 43.3 Å². The number of hydrogen-bond donors (Lipinski definition) is 1. The van der Waals surface area contributed by atoms with Gasteiger partial charge in [-0.25, -0.2) is 0 Å². The number of benzene rings is 2. The lowest BCUT2D eigenvalue weighted by Gasteiger charge is -2.31. The highest BCUT2D eigenvalue weighted by molar-refractivity contribution is 5.94. The van der Waals surface area contributed by atoms with Crippen LogP contribution in [0.3, 0.4) is 0 Å². The van der Waals surface area contributed by atoms with Crippen LogP contribution in [0, 0.1) is 6.92 Å². The molecule has 1 saturated heterocycles. The Morgan fingerprint density at radius 3 is 2.31 bits per heavy atom.